The molecule has 0 saturated heterocycles. The fraction of sp³-hybridized carbons (Fsp3) is 0.357. The first kappa shape index (κ1) is 13.4. The molecule has 2 aromatic rings. The van der Waals surface area contributed by atoms with E-state index in [2.05, 4.69) is 5.10 Å². The zero-order chi connectivity index (χ0) is 13.8. The molecule has 0 radical (unpaired) electrons. The van der Waals surface area contributed by atoms with Gasteiger partial charge in [-0.2, -0.15) is 5.10 Å². The predicted octanol–water partition coefficient (Wildman–Crippen LogP) is 2.00. The van der Waals surface area contributed by atoms with Gasteiger partial charge in [-0.05, 0) is 25.1 Å². The Bertz CT molecular complexity index is 551. The maximum atomic E-state index is 10.4. The highest BCUT2D eigenvalue weighted by molar-refractivity contribution is 5.44. The number of nitrogens with zero attached hydrogens (tertiary/aromatic N) is 2. The molecule has 0 aliphatic rings. The highest BCUT2D eigenvalue weighted by atomic mass is 16.5. The Morgan fingerprint density at radius 3 is 2.68 bits per heavy atom. The van der Waals surface area contributed by atoms with Gasteiger partial charge >= 0.3 is 0 Å². The lowest BCUT2D eigenvalue weighted by Crippen LogP contribution is -2.02. The van der Waals surface area contributed by atoms with Crippen LogP contribution in [0, 0.1) is 0 Å². The summed E-state index contributed by atoms with van der Waals surface area (Å²) in [4.78, 5) is 0. The minimum atomic E-state index is -0.787. The number of aliphatic hydroxyl groups is 1. The molecule has 5 heteroatoms. The molecule has 0 saturated carbocycles. The van der Waals surface area contributed by atoms with Gasteiger partial charge in [0.1, 0.15) is 17.6 Å². The standard InChI is InChI=1S/C14H18N2O3/c1-4-16-9-10(8-15-16)14(17)12-7-11(18-2)5-6-13(12)19-3/h5-9,14,17H,4H2,1-3H3. The van der Waals surface area contributed by atoms with Crippen molar-refractivity contribution in [3.05, 3.63) is 41.7 Å². The van der Waals surface area contributed by atoms with Gasteiger partial charge in [-0.15, -0.1) is 0 Å². The summed E-state index contributed by atoms with van der Waals surface area (Å²) in [7, 11) is 3.17. The molecule has 102 valence electrons. The summed E-state index contributed by atoms with van der Waals surface area (Å²) in [6.45, 7) is 2.76. The molecule has 1 heterocycles. The van der Waals surface area contributed by atoms with Crippen molar-refractivity contribution in [1.29, 1.82) is 0 Å². The van der Waals surface area contributed by atoms with Crippen molar-refractivity contribution >= 4 is 0 Å². The second kappa shape index (κ2) is 5.75. The lowest BCUT2D eigenvalue weighted by atomic mass is 10.0. The summed E-state index contributed by atoms with van der Waals surface area (Å²) in [5.74, 6) is 1.30. The second-order valence-corrected chi connectivity index (χ2v) is 4.14. The van der Waals surface area contributed by atoms with Crippen molar-refractivity contribution in [1.82, 2.24) is 9.78 Å². The van der Waals surface area contributed by atoms with E-state index < -0.39 is 6.10 Å². The Kier molecular flexibility index (Phi) is 4.06. The summed E-state index contributed by atoms with van der Waals surface area (Å²) in [6.07, 6.45) is 2.70. The summed E-state index contributed by atoms with van der Waals surface area (Å²) in [5, 5.41) is 14.6. The average Bonchev–Trinajstić information content (AvgIpc) is 2.94. The SMILES string of the molecule is CCn1cc(C(O)c2cc(OC)ccc2OC)cn1. The molecule has 0 spiro atoms. The molecular weight excluding hydrogens is 244 g/mol. The van der Waals surface area contributed by atoms with Gasteiger partial charge in [0.2, 0.25) is 0 Å². The number of aromatic nitrogens is 2. The third-order valence-corrected chi connectivity index (χ3v) is 3.02. The summed E-state index contributed by atoms with van der Waals surface area (Å²) in [6, 6.07) is 5.35. The third kappa shape index (κ3) is 2.71. The lowest BCUT2D eigenvalue weighted by molar-refractivity contribution is 0.214. The first-order valence-corrected chi connectivity index (χ1v) is 6.12. The fourth-order valence-electron chi connectivity index (χ4n) is 1.93. The van der Waals surface area contributed by atoms with E-state index in [4.69, 9.17) is 9.47 Å². The molecule has 1 N–H and O–H groups in total. The van der Waals surface area contributed by atoms with Crippen molar-refractivity contribution in [2.45, 2.75) is 19.6 Å². The number of hydrogen-bond acceptors (Lipinski definition) is 4. The minimum absolute atomic E-state index is 0.623. The van der Waals surface area contributed by atoms with E-state index in [-0.39, 0.29) is 0 Å². The number of benzene rings is 1. The van der Waals surface area contributed by atoms with Gasteiger partial charge in [-0.1, -0.05) is 0 Å². The Labute approximate surface area is 112 Å². The van der Waals surface area contributed by atoms with Crippen LogP contribution < -0.4 is 9.47 Å². The van der Waals surface area contributed by atoms with Crippen LogP contribution in [-0.4, -0.2) is 29.1 Å². The van der Waals surface area contributed by atoms with Crippen LogP contribution in [0.5, 0.6) is 11.5 Å². The highest BCUT2D eigenvalue weighted by Crippen LogP contribution is 2.32. The molecule has 0 fully saturated rings. The van der Waals surface area contributed by atoms with E-state index >= 15 is 0 Å². The molecule has 1 aromatic heterocycles. The molecular formula is C14H18N2O3. The van der Waals surface area contributed by atoms with Gasteiger partial charge in [0, 0.05) is 23.9 Å². The molecule has 1 aromatic carbocycles. The van der Waals surface area contributed by atoms with Gasteiger partial charge in [0.25, 0.3) is 0 Å². The van der Waals surface area contributed by atoms with Crippen molar-refractivity contribution in [2.75, 3.05) is 14.2 Å². The van der Waals surface area contributed by atoms with E-state index in [0.717, 1.165) is 12.1 Å². The van der Waals surface area contributed by atoms with Gasteiger partial charge in [0.15, 0.2) is 0 Å². The first-order chi connectivity index (χ1) is 9.19. The van der Waals surface area contributed by atoms with Gasteiger partial charge in [0.05, 0.1) is 20.4 Å². The molecule has 2 rings (SSSR count). The highest BCUT2D eigenvalue weighted by Gasteiger charge is 2.18. The van der Waals surface area contributed by atoms with Crippen LogP contribution >= 0.6 is 0 Å². The topological polar surface area (TPSA) is 56.5 Å². The predicted molar refractivity (Wildman–Crippen MR) is 71.5 cm³/mol. The van der Waals surface area contributed by atoms with Crippen molar-refractivity contribution in [2.24, 2.45) is 0 Å². The Hall–Kier alpha value is -2.01. The normalized spacial score (nSPS) is 12.2. The van der Waals surface area contributed by atoms with Crippen molar-refractivity contribution in [3.63, 3.8) is 0 Å². The largest absolute Gasteiger partial charge is 0.497 e. The van der Waals surface area contributed by atoms with Gasteiger partial charge in [-0.25, -0.2) is 0 Å². The van der Waals surface area contributed by atoms with E-state index in [1.54, 1.807) is 43.3 Å². The fourth-order valence-corrected chi connectivity index (χ4v) is 1.93. The second-order valence-electron chi connectivity index (χ2n) is 4.14. The maximum absolute atomic E-state index is 10.4. The number of aryl methyl sites for hydroxylation is 1. The van der Waals surface area contributed by atoms with E-state index in [1.807, 2.05) is 13.1 Å². The van der Waals surface area contributed by atoms with E-state index in [1.165, 1.54) is 0 Å². The zero-order valence-electron chi connectivity index (χ0n) is 11.3. The van der Waals surface area contributed by atoms with Crippen LogP contribution in [0.2, 0.25) is 0 Å². The minimum Gasteiger partial charge on any atom is -0.497 e. The quantitative estimate of drug-likeness (QED) is 0.895. The molecule has 0 bridgehead atoms. The maximum Gasteiger partial charge on any atom is 0.125 e. The number of aliphatic hydroxyl groups excluding tert-OH is 1. The van der Waals surface area contributed by atoms with Crippen molar-refractivity contribution in [3.8, 4) is 11.5 Å². The smallest absolute Gasteiger partial charge is 0.125 e. The number of hydrogen-bond donors (Lipinski definition) is 1. The molecule has 0 aliphatic heterocycles. The van der Waals surface area contributed by atoms with Gasteiger partial charge in [-0.3, -0.25) is 4.68 Å². The van der Waals surface area contributed by atoms with Crippen LogP contribution in [0.25, 0.3) is 0 Å². The van der Waals surface area contributed by atoms with Crippen LogP contribution in [0.15, 0.2) is 30.6 Å². The molecule has 5 nitrogen and oxygen atoms in total. The monoisotopic (exact) mass is 262 g/mol. The molecule has 0 aliphatic carbocycles. The summed E-state index contributed by atoms with van der Waals surface area (Å²) >= 11 is 0. The summed E-state index contributed by atoms with van der Waals surface area (Å²) in [5.41, 5.74) is 1.39. The first-order valence-electron chi connectivity index (χ1n) is 6.12. The Morgan fingerprint density at radius 1 is 1.32 bits per heavy atom. The molecule has 1 unspecified atom stereocenters. The van der Waals surface area contributed by atoms with Gasteiger partial charge < -0.3 is 14.6 Å². The molecule has 0 amide bonds. The third-order valence-electron chi connectivity index (χ3n) is 3.02. The number of ether oxygens (including phenoxy) is 2. The van der Waals surface area contributed by atoms with Crippen LogP contribution in [-0.2, 0) is 6.54 Å². The molecule has 1 atom stereocenters. The van der Waals surface area contributed by atoms with E-state index in [0.29, 0.717) is 17.1 Å². The van der Waals surface area contributed by atoms with Crippen LogP contribution in [0.4, 0.5) is 0 Å². The summed E-state index contributed by atoms with van der Waals surface area (Å²) < 4.78 is 12.2. The van der Waals surface area contributed by atoms with E-state index in [9.17, 15) is 5.11 Å². The zero-order valence-corrected chi connectivity index (χ0v) is 11.3. The number of methoxy groups -OCH3 is 2. The Balaban J connectivity index is 2.38. The van der Waals surface area contributed by atoms with Crippen molar-refractivity contribution < 1.29 is 14.6 Å². The lowest BCUT2D eigenvalue weighted by Gasteiger charge is -2.14. The molecule has 19 heavy (non-hydrogen) atoms. The number of rotatable bonds is 5. The average molecular weight is 262 g/mol. The van der Waals surface area contributed by atoms with Crippen LogP contribution in [0.1, 0.15) is 24.2 Å². The Morgan fingerprint density at radius 2 is 2.11 bits per heavy atom. The van der Waals surface area contributed by atoms with Crippen LogP contribution in [0.3, 0.4) is 0 Å².